The van der Waals surface area contributed by atoms with Crippen LogP contribution >= 0.6 is 32.8 Å². The maximum absolute atomic E-state index is 13.9. The molecule has 3 aliphatic rings. The van der Waals surface area contributed by atoms with Gasteiger partial charge in [-0.2, -0.15) is 0 Å². The molecule has 3 unspecified atom stereocenters. The van der Waals surface area contributed by atoms with E-state index in [1.54, 1.807) is 26.3 Å². The molecule has 2 aliphatic heterocycles. The summed E-state index contributed by atoms with van der Waals surface area (Å²) in [7, 11) is 1.66. The number of amides is 1. The summed E-state index contributed by atoms with van der Waals surface area (Å²) in [6, 6.07) is 6.96. The maximum atomic E-state index is 13.9. The number of piperazine rings is 1. The highest BCUT2D eigenvalue weighted by molar-refractivity contribution is 7.97. The average Bonchev–Trinajstić information content (AvgIpc) is 3.59. The predicted octanol–water partition coefficient (Wildman–Crippen LogP) is 5.59. The van der Waals surface area contributed by atoms with Gasteiger partial charge in [0.1, 0.15) is 6.61 Å². The molecule has 184 valence electrons. The second-order valence-electron chi connectivity index (χ2n) is 9.42. The molecule has 0 bridgehead atoms. The van der Waals surface area contributed by atoms with Crippen molar-refractivity contribution in [3.05, 3.63) is 29.3 Å². The zero-order valence-electron chi connectivity index (χ0n) is 18.8. The molecule has 33 heavy (non-hydrogen) atoms. The van der Waals surface area contributed by atoms with Crippen LogP contribution in [-0.4, -0.2) is 77.3 Å². The lowest BCUT2D eigenvalue weighted by Crippen LogP contribution is -2.50. The van der Waals surface area contributed by atoms with E-state index in [2.05, 4.69) is 4.90 Å². The molecule has 1 amide bonds. The van der Waals surface area contributed by atoms with E-state index in [4.69, 9.17) is 16.3 Å². The van der Waals surface area contributed by atoms with E-state index in [1.165, 1.54) is 24.8 Å². The van der Waals surface area contributed by atoms with Gasteiger partial charge in [0.15, 0.2) is 0 Å². The van der Waals surface area contributed by atoms with Gasteiger partial charge in [-0.15, -0.1) is 0 Å². The van der Waals surface area contributed by atoms with Crippen LogP contribution in [0.4, 0.5) is 13.6 Å². The van der Waals surface area contributed by atoms with Gasteiger partial charge in [0.05, 0.1) is 6.04 Å². The van der Waals surface area contributed by atoms with Gasteiger partial charge < -0.3 is 9.64 Å². The third kappa shape index (κ3) is 7.93. The van der Waals surface area contributed by atoms with Crippen LogP contribution in [0.25, 0.3) is 0 Å². The normalized spacial score (nSPS) is 25.3. The first-order chi connectivity index (χ1) is 15.8. The maximum Gasteiger partial charge on any atom is 0.409 e. The molecule has 3 fully saturated rings. The van der Waals surface area contributed by atoms with Crippen molar-refractivity contribution in [3.63, 3.8) is 0 Å². The number of carbonyl (C=O) groups excluding carboxylic acids is 1. The van der Waals surface area contributed by atoms with E-state index in [-0.39, 0.29) is 31.2 Å². The molecule has 10 heteroatoms. The highest BCUT2D eigenvalue weighted by Gasteiger charge is 2.38. The molecular formula is C23H33ClF2N3O2PS. The summed E-state index contributed by atoms with van der Waals surface area (Å²) in [6.45, 7) is 4.49. The number of piperidine rings is 1. The van der Waals surface area contributed by atoms with Crippen molar-refractivity contribution in [2.75, 3.05) is 39.3 Å². The summed E-state index contributed by atoms with van der Waals surface area (Å²) in [5.74, 6) is 0.848. The molecule has 0 aromatic heterocycles. The largest absolute Gasteiger partial charge is 0.448 e. The van der Waals surface area contributed by atoms with Gasteiger partial charge in [-0.05, 0) is 67.8 Å². The molecule has 0 spiro atoms. The first-order valence-electron chi connectivity index (χ1n) is 11.8. The minimum absolute atomic E-state index is 0.114. The molecule has 2 saturated heterocycles. The van der Waals surface area contributed by atoms with Crippen LogP contribution in [-0.2, 0) is 4.74 Å². The van der Waals surface area contributed by atoms with Crippen molar-refractivity contribution >= 4 is 38.9 Å². The van der Waals surface area contributed by atoms with Crippen LogP contribution < -0.4 is 0 Å². The summed E-state index contributed by atoms with van der Waals surface area (Å²) in [6.07, 6.45) is 4.46. The number of nitrogens with zero attached hydrogens (tertiary/aromatic N) is 3. The molecular weight excluding hydrogens is 487 g/mol. The smallest absolute Gasteiger partial charge is 0.409 e. The van der Waals surface area contributed by atoms with Crippen molar-refractivity contribution in [1.29, 1.82) is 0 Å². The third-order valence-corrected chi connectivity index (χ3v) is 8.35. The number of hydrogen-bond acceptors (Lipinski definition) is 5. The van der Waals surface area contributed by atoms with Crippen molar-refractivity contribution in [1.82, 2.24) is 14.1 Å². The Morgan fingerprint density at radius 2 is 1.76 bits per heavy atom. The van der Waals surface area contributed by atoms with Crippen LogP contribution in [0, 0.1) is 5.92 Å². The van der Waals surface area contributed by atoms with E-state index in [0.717, 1.165) is 43.3 Å². The van der Waals surface area contributed by atoms with E-state index in [0.29, 0.717) is 24.5 Å². The fourth-order valence-electron chi connectivity index (χ4n) is 4.61. The topological polar surface area (TPSA) is 36.0 Å². The quantitative estimate of drug-likeness (QED) is 0.330. The molecule has 3 atom stereocenters. The summed E-state index contributed by atoms with van der Waals surface area (Å²) in [4.78, 5) is 17.9. The third-order valence-electron chi connectivity index (χ3n) is 6.57. The van der Waals surface area contributed by atoms with Crippen molar-refractivity contribution in [2.24, 2.45) is 5.92 Å². The number of benzene rings is 1. The minimum atomic E-state index is -2.83. The molecule has 1 saturated carbocycles. The Morgan fingerprint density at radius 1 is 1.09 bits per heavy atom. The van der Waals surface area contributed by atoms with Crippen LogP contribution in [0.15, 0.2) is 29.2 Å². The standard InChI is InChI=1S/C23H33ClF2N3O2PS/c24-18-6-8-21(9-7-18)33-29-19(14-23(25,26)32)2-1-3-20(29)16-31-22(30)28-12-10-27(11-13-28)15-17-4-5-17/h6-9,17,19-20H,1-5,10-16,32H2. The van der Waals surface area contributed by atoms with Gasteiger partial charge in [-0.25, -0.2) is 17.9 Å². The lowest BCUT2D eigenvalue weighted by molar-refractivity contribution is 0.0271. The molecule has 5 nitrogen and oxygen atoms in total. The van der Waals surface area contributed by atoms with Gasteiger partial charge in [0.25, 0.3) is 5.66 Å². The van der Waals surface area contributed by atoms with Gasteiger partial charge in [0.2, 0.25) is 0 Å². The highest BCUT2D eigenvalue weighted by Crippen LogP contribution is 2.40. The first kappa shape index (κ1) is 25.4. The van der Waals surface area contributed by atoms with Crippen molar-refractivity contribution in [3.8, 4) is 0 Å². The zero-order chi connectivity index (χ0) is 23.4. The lowest BCUT2D eigenvalue weighted by atomic mass is 9.97. The predicted molar refractivity (Wildman–Crippen MR) is 132 cm³/mol. The number of halogens is 3. The fourth-order valence-corrected chi connectivity index (χ4v) is 6.15. The Morgan fingerprint density at radius 3 is 2.39 bits per heavy atom. The van der Waals surface area contributed by atoms with Crippen molar-refractivity contribution < 1.29 is 18.3 Å². The number of ether oxygens (including phenoxy) is 1. The monoisotopic (exact) mass is 519 g/mol. The summed E-state index contributed by atoms with van der Waals surface area (Å²) in [5.41, 5.74) is -2.83. The van der Waals surface area contributed by atoms with E-state index in [1.807, 2.05) is 16.4 Å². The fraction of sp³-hybridized carbons (Fsp3) is 0.696. The van der Waals surface area contributed by atoms with Crippen LogP contribution in [0.3, 0.4) is 0 Å². The Labute approximate surface area is 206 Å². The van der Waals surface area contributed by atoms with Crippen LogP contribution in [0.1, 0.15) is 38.5 Å². The molecule has 2 heterocycles. The van der Waals surface area contributed by atoms with E-state index < -0.39 is 5.66 Å². The van der Waals surface area contributed by atoms with Gasteiger partial charge in [-0.3, -0.25) is 4.90 Å². The Balaban J connectivity index is 1.34. The van der Waals surface area contributed by atoms with Crippen LogP contribution in [0.5, 0.6) is 0 Å². The summed E-state index contributed by atoms with van der Waals surface area (Å²) >= 11 is 7.45. The van der Waals surface area contributed by atoms with E-state index in [9.17, 15) is 13.6 Å². The average molecular weight is 520 g/mol. The van der Waals surface area contributed by atoms with Gasteiger partial charge >= 0.3 is 6.09 Å². The number of rotatable bonds is 8. The Bertz CT molecular complexity index is 789. The summed E-state index contributed by atoms with van der Waals surface area (Å²) < 4.78 is 35.5. The molecule has 1 aromatic carbocycles. The number of alkyl halides is 2. The summed E-state index contributed by atoms with van der Waals surface area (Å²) in [5, 5.41) is 0.633. The number of hydrogen-bond donors (Lipinski definition) is 0. The van der Waals surface area contributed by atoms with Crippen molar-refractivity contribution in [2.45, 2.75) is 61.2 Å². The zero-order valence-corrected chi connectivity index (χ0v) is 21.5. The molecule has 0 N–H and O–H groups in total. The van der Waals surface area contributed by atoms with E-state index >= 15 is 0 Å². The Hall–Kier alpha value is -0.660. The Kier molecular flexibility index (Phi) is 8.77. The SMILES string of the molecule is O=C(OCC1CCCC(CC(F)(F)P)N1Sc1ccc(Cl)cc1)N1CCN(CC2CC2)CC1. The number of carbonyl (C=O) groups is 1. The molecule has 4 rings (SSSR count). The lowest BCUT2D eigenvalue weighted by Gasteiger charge is -2.42. The van der Waals surface area contributed by atoms with Gasteiger partial charge in [0, 0.05) is 55.1 Å². The highest BCUT2D eigenvalue weighted by atomic mass is 35.5. The van der Waals surface area contributed by atoms with Gasteiger partial charge in [-0.1, -0.05) is 27.3 Å². The van der Waals surface area contributed by atoms with Crippen LogP contribution in [0.2, 0.25) is 5.02 Å². The first-order valence-corrected chi connectivity index (χ1v) is 13.5. The molecule has 1 aromatic rings. The molecule has 1 aliphatic carbocycles. The second kappa shape index (κ2) is 11.4. The second-order valence-corrected chi connectivity index (χ2v) is 11.8. The minimum Gasteiger partial charge on any atom is -0.448 e. The molecule has 0 radical (unpaired) electrons.